The monoisotopic (exact) mass is 302 g/mol. The van der Waals surface area contributed by atoms with Gasteiger partial charge in [0.25, 0.3) is 0 Å². The van der Waals surface area contributed by atoms with Crippen LogP contribution in [0.2, 0.25) is 0 Å². The predicted octanol–water partition coefficient (Wildman–Crippen LogP) is 2.95. The summed E-state index contributed by atoms with van der Waals surface area (Å²) in [5.74, 6) is -0.561. The summed E-state index contributed by atoms with van der Waals surface area (Å²) in [4.78, 5) is 13.3. The normalized spacial score (nSPS) is 14.6. The van der Waals surface area contributed by atoms with Crippen molar-refractivity contribution in [1.82, 2.24) is 4.90 Å². The lowest BCUT2D eigenvalue weighted by Gasteiger charge is -2.33. The average molecular weight is 302 g/mol. The van der Waals surface area contributed by atoms with Gasteiger partial charge < -0.3 is 10.6 Å². The first kappa shape index (κ1) is 17.5. The highest BCUT2D eigenvalue weighted by Gasteiger charge is 2.39. The molecular formula is C15H21F3N2O. The highest BCUT2D eigenvalue weighted by molar-refractivity contribution is 5.82. The fraction of sp³-hybridized carbons (Fsp3) is 0.533. The van der Waals surface area contributed by atoms with Crippen molar-refractivity contribution in [3.63, 3.8) is 0 Å². The van der Waals surface area contributed by atoms with Gasteiger partial charge in [-0.2, -0.15) is 13.2 Å². The molecule has 0 aliphatic carbocycles. The van der Waals surface area contributed by atoms with Gasteiger partial charge in [0.05, 0.1) is 5.41 Å². The number of alkyl halides is 3. The molecule has 1 rings (SSSR count). The lowest BCUT2D eigenvalue weighted by atomic mass is 9.86. The zero-order valence-electron chi connectivity index (χ0n) is 12.3. The Balaban J connectivity index is 2.99. The summed E-state index contributed by atoms with van der Waals surface area (Å²) >= 11 is 0. The Labute approximate surface area is 122 Å². The predicted molar refractivity (Wildman–Crippen MR) is 75.4 cm³/mol. The number of carbonyl (C=O) groups excluding carboxylic acids is 1. The number of amides is 1. The van der Waals surface area contributed by atoms with E-state index in [9.17, 15) is 18.0 Å². The van der Waals surface area contributed by atoms with E-state index in [0.29, 0.717) is 12.0 Å². The van der Waals surface area contributed by atoms with E-state index in [1.165, 1.54) is 0 Å². The lowest BCUT2D eigenvalue weighted by Crippen LogP contribution is -2.48. The van der Waals surface area contributed by atoms with E-state index >= 15 is 0 Å². The topological polar surface area (TPSA) is 46.3 Å². The molecule has 3 nitrogen and oxygen atoms in total. The van der Waals surface area contributed by atoms with Gasteiger partial charge in [0, 0.05) is 13.1 Å². The Morgan fingerprint density at radius 1 is 1.24 bits per heavy atom. The average Bonchev–Trinajstić information content (AvgIpc) is 2.44. The molecule has 0 heterocycles. The van der Waals surface area contributed by atoms with Crippen LogP contribution in [0.3, 0.4) is 0 Å². The molecule has 0 saturated heterocycles. The molecule has 1 aromatic rings. The van der Waals surface area contributed by atoms with Gasteiger partial charge in [-0.05, 0) is 18.9 Å². The number of carbonyl (C=O) groups is 1. The smallest absolute Gasteiger partial charge is 0.329 e. The number of hydrogen-bond donors (Lipinski definition) is 1. The summed E-state index contributed by atoms with van der Waals surface area (Å²) < 4.78 is 38.2. The molecule has 6 heteroatoms. The fourth-order valence-corrected chi connectivity index (χ4v) is 1.98. The summed E-state index contributed by atoms with van der Waals surface area (Å²) in [5.41, 5.74) is 5.27. The molecule has 1 amide bonds. The van der Waals surface area contributed by atoms with Crippen molar-refractivity contribution < 1.29 is 18.0 Å². The molecule has 0 aliphatic heterocycles. The van der Waals surface area contributed by atoms with Gasteiger partial charge in [-0.15, -0.1) is 0 Å². The maximum atomic E-state index is 12.7. The number of benzene rings is 1. The number of rotatable bonds is 6. The van der Waals surface area contributed by atoms with Crippen LogP contribution in [0.4, 0.5) is 13.2 Å². The van der Waals surface area contributed by atoms with E-state index in [1.54, 1.807) is 44.2 Å². The molecule has 0 aliphatic rings. The van der Waals surface area contributed by atoms with Crippen LogP contribution in [0.5, 0.6) is 0 Å². The van der Waals surface area contributed by atoms with Crippen LogP contribution < -0.4 is 5.73 Å². The van der Waals surface area contributed by atoms with E-state index in [2.05, 4.69) is 0 Å². The molecular weight excluding hydrogens is 281 g/mol. The van der Waals surface area contributed by atoms with E-state index in [4.69, 9.17) is 5.73 Å². The molecule has 0 saturated carbocycles. The third kappa shape index (κ3) is 5.04. The SMILES string of the molecule is CCC(C)(CN)C(=O)N(Cc1ccccc1)CC(F)(F)F. The highest BCUT2D eigenvalue weighted by atomic mass is 19.4. The van der Waals surface area contributed by atoms with Crippen LogP contribution in [0, 0.1) is 5.41 Å². The van der Waals surface area contributed by atoms with Crippen LogP contribution in [0.15, 0.2) is 30.3 Å². The van der Waals surface area contributed by atoms with E-state index in [1.807, 2.05) is 0 Å². The van der Waals surface area contributed by atoms with Crippen molar-refractivity contribution in [3.05, 3.63) is 35.9 Å². The first-order valence-corrected chi connectivity index (χ1v) is 6.82. The van der Waals surface area contributed by atoms with E-state index < -0.39 is 24.0 Å². The standard InChI is InChI=1S/C15H21F3N2O/c1-3-14(2,10-19)13(21)20(11-15(16,17)18)9-12-7-5-4-6-8-12/h4-8H,3,9-11,19H2,1-2H3. The second kappa shape index (κ2) is 6.93. The van der Waals surface area contributed by atoms with Gasteiger partial charge in [-0.25, -0.2) is 0 Å². The molecule has 1 aromatic carbocycles. The summed E-state index contributed by atoms with van der Waals surface area (Å²) in [5, 5.41) is 0. The maximum absolute atomic E-state index is 12.7. The van der Waals surface area contributed by atoms with Crippen molar-refractivity contribution in [2.75, 3.05) is 13.1 Å². The second-order valence-electron chi connectivity index (χ2n) is 5.38. The summed E-state index contributed by atoms with van der Waals surface area (Å²) in [7, 11) is 0. The number of halogens is 3. The Bertz CT molecular complexity index is 456. The number of hydrogen-bond acceptors (Lipinski definition) is 2. The molecule has 0 bridgehead atoms. The Morgan fingerprint density at radius 3 is 2.24 bits per heavy atom. The van der Waals surface area contributed by atoms with Crippen LogP contribution >= 0.6 is 0 Å². The highest BCUT2D eigenvalue weighted by Crippen LogP contribution is 2.26. The van der Waals surface area contributed by atoms with Crippen LogP contribution in [-0.4, -0.2) is 30.1 Å². The second-order valence-corrected chi connectivity index (χ2v) is 5.38. The van der Waals surface area contributed by atoms with Crippen LogP contribution in [-0.2, 0) is 11.3 Å². The summed E-state index contributed by atoms with van der Waals surface area (Å²) in [6.07, 6.45) is -4.04. The van der Waals surface area contributed by atoms with Crippen molar-refractivity contribution in [2.45, 2.75) is 33.0 Å². The molecule has 0 spiro atoms. The number of nitrogens with zero attached hydrogens (tertiary/aromatic N) is 1. The molecule has 118 valence electrons. The van der Waals surface area contributed by atoms with Crippen LogP contribution in [0.25, 0.3) is 0 Å². The molecule has 0 radical (unpaired) electrons. The summed E-state index contributed by atoms with van der Waals surface area (Å²) in [6, 6.07) is 8.63. The van der Waals surface area contributed by atoms with Crippen molar-refractivity contribution >= 4 is 5.91 Å². The van der Waals surface area contributed by atoms with Gasteiger partial charge >= 0.3 is 6.18 Å². The van der Waals surface area contributed by atoms with E-state index in [0.717, 1.165) is 4.90 Å². The first-order valence-electron chi connectivity index (χ1n) is 6.82. The minimum absolute atomic E-state index is 0.0193. The zero-order valence-corrected chi connectivity index (χ0v) is 12.3. The summed E-state index contributed by atoms with van der Waals surface area (Å²) in [6.45, 7) is 2.03. The minimum Gasteiger partial charge on any atom is -0.329 e. The largest absolute Gasteiger partial charge is 0.406 e. The molecule has 0 aromatic heterocycles. The van der Waals surface area contributed by atoms with Gasteiger partial charge in [0.1, 0.15) is 6.54 Å². The third-order valence-electron chi connectivity index (χ3n) is 3.62. The quantitative estimate of drug-likeness (QED) is 0.878. The Kier molecular flexibility index (Phi) is 5.78. The number of nitrogens with two attached hydrogens (primary N) is 1. The molecule has 0 fully saturated rings. The van der Waals surface area contributed by atoms with Crippen molar-refractivity contribution in [1.29, 1.82) is 0 Å². The minimum atomic E-state index is -4.44. The Hall–Kier alpha value is -1.56. The maximum Gasteiger partial charge on any atom is 0.406 e. The molecule has 21 heavy (non-hydrogen) atoms. The van der Waals surface area contributed by atoms with Crippen molar-refractivity contribution in [3.8, 4) is 0 Å². The molecule has 1 atom stereocenters. The van der Waals surface area contributed by atoms with Gasteiger partial charge in [-0.1, -0.05) is 37.3 Å². The molecule has 1 unspecified atom stereocenters. The molecule has 2 N–H and O–H groups in total. The van der Waals surface area contributed by atoms with Gasteiger partial charge in [0.2, 0.25) is 5.91 Å². The van der Waals surface area contributed by atoms with E-state index in [-0.39, 0.29) is 13.1 Å². The lowest BCUT2D eigenvalue weighted by molar-refractivity contribution is -0.168. The first-order chi connectivity index (χ1) is 9.72. The zero-order chi connectivity index (χ0) is 16.1. The van der Waals surface area contributed by atoms with Gasteiger partial charge in [-0.3, -0.25) is 4.79 Å². The Morgan fingerprint density at radius 2 is 1.81 bits per heavy atom. The fourth-order valence-electron chi connectivity index (χ4n) is 1.98. The van der Waals surface area contributed by atoms with Crippen LogP contribution in [0.1, 0.15) is 25.8 Å². The van der Waals surface area contributed by atoms with Gasteiger partial charge in [0.15, 0.2) is 0 Å². The van der Waals surface area contributed by atoms with Crippen molar-refractivity contribution in [2.24, 2.45) is 11.1 Å². The third-order valence-corrected chi connectivity index (χ3v) is 3.62.